The Kier molecular flexibility index (Phi) is 3.91. The Morgan fingerprint density at radius 3 is 2.78 bits per heavy atom. The molecule has 5 nitrogen and oxygen atoms in total. The highest BCUT2D eigenvalue weighted by Crippen LogP contribution is 2.27. The van der Waals surface area contributed by atoms with Crippen molar-refractivity contribution >= 4 is 5.91 Å². The first-order chi connectivity index (χ1) is 8.64. The molecule has 1 atom stereocenters. The molecule has 5 heteroatoms. The molecular weight excluding hydrogens is 228 g/mol. The molecule has 0 saturated carbocycles. The van der Waals surface area contributed by atoms with Gasteiger partial charge in [0.2, 0.25) is 5.91 Å². The molecular formula is C13H20N4O. The standard InChI is InChI=1S/C13H20N4O/c1-17(2)12(18)13(6-7-16-13)5-3-4-11-10-14-8-9-15-11/h8-10,16H,3-7H2,1-2H3. The van der Waals surface area contributed by atoms with Gasteiger partial charge in [0.1, 0.15) is 0 Å². The molecule has 0 bridgehead atoms. The van der Waals surface area contributed by atoms with Crippen LogP contribution in [0.4, 0.5) is 0 Å². The minimum Gasteiger partial charge on any atom is -0.347 e. The van der Waals surface area contributed by atoms with Gasteiger partial charge in [0.05, 0.1) is 11.2 Å². The predicted molar refractivity (Wildman–Crippen MR) is 69.0 cm³/mol. The maximum Gasteiger partial charge on any atom is 0.242 e. The average molecular weight is 248 g/mol. The molecule has 1 aliphatic rings. The van der Waals surface area contributed by atoms with Crippen molar-refractivity contribution in [3.63, 3.8) is 0 Å². The van der Waals surface area contributed by atoms with E-state index in [9.17, 15) is 4.79 Å². The van der Waals surface area contributed by atoms with E-state index in [-0.39, 0.29) is 11.4 Å². The van der Waals surface area contributed by atoms with E-state index in [0.717, 1.165) is 37.9 Å². The van der Waals surface area contributed by atoms with Crippen LogP contribution in [0.2, 0.25) is 0 Å². The van der Waals surface area contributed by atoms with Crippen LogP contribution in [0.3, 0.4) is 0 Å². The van der Waals surface area contributed by atoms with Crippen molar-refractivity contribution in [1.82, 2.24) is 20.2 Å². The number of aryl methyl sites for hydroxylation is 1. The van der Waals surface area contributed by atoms with Crippen LogP contribution in [0.5, 0.6) is 0 Å². The van der Waals surface area contributed by atoms with E-state index in [1.165, 1.54) is 0 Å². The normalized spacial score (nSPS) is 22.3. The molecule has 2 heterocycles. The lowest BCUT2D eigenvalue weighted by molar-refractivity contribution is -0.139. The second kappa shape index (κ2) is 5.44. The monoisotopic (exact) mass is 248 g/mol. The number of nitrogens with zero attached hydrogens (tertiary/aromatic N) is 3. The van der Waals surface area contributed by atoms with Crippen LogP contribution in [0, 0.1) is 0 Å². The summed E-state index contributed by atoms with van der Waals surface area (Å²) in [6.07, 6.45) is 8.79. The number of hydrogen-bond acceptors (Lipinski definition) is 4. The van der Waals surface area contributed by atoms with Crippen LogP contribution >= 0.6 is 0 Å². The molecule has 1 saturated heterocycles. The molecule has 0 spiro atoms. The second-order valence-corrected chi connectivity index (χ2v) is 5.01. The number of amides is 1. The highest BCUT2D eigenvalue weighted by atomic mass is 16.2. The summed E-state index contributed by atoms with van der Waals surface area (Å²) in [6.45, 7) is 0.935. The maximum atomic E-state index is 12.1. The quantitative estimate of drug-likeness (QED) is 0.830. The molecule has 0 radical (unpaired) electrons. The van der Waals surface area contributed by atoms with E-state index < -0.39 is 0 Å². The van der Waals surface area contributed by atoms with Crippen LogP contribution < -0.4 is 5.32 Å². The molecule has 1 unspecified atom stereocenters. The SMILES string of the molecule is CN(C)C(=O)C1(CCCc2cnccn2)CCN1. The van der Waals surface area contributed by atoms with E-state index in [1.54, 1.807) is 23.5 Å². The Morgan fingerprint density at radius 2 is 2.28 bits per heavy atom. The van der Waals surface area contributed by atoms with Crippen LogP contribution in [-0.4, -0.2) is 47.0 Å². The zero-order valence-corrected chi connectivity index (χ0v) is 11.0. The van der Waals surface area contributed by atoms with Crippen LogP contribution in [0.25, 0.3) is 0 Å². The molecule has 1 amide bonds. The van der Waals surface area contributed by atoms with Crippen molar-refractivity contribution in [2.75, 3.05) is 20.6 Å². The van der Waals surface area contributed by atoms with Gasteiger partial charge in [-0.15, -0.1) is 0 Å². The number of nitrogens with one attached hydrogen (secondary N) is 1. The number of hydrogen-bond donors (Lipinski definition) is 1. The maximum absolute atomic E-state index is 12.1. The van der Waals surface area contributed by atoms with Gasteiger partial charge in [0, 0.05) is 32.7 Å². The second-order valence-electron chi connectivity index (χ2n) is 5.01. The van der Waals surface area contributed by atoms with Crippen LogP contribution in [0.1, 0.15) is 25.0 Å². The van der Waals surface area contributed by atoms with E-state index in [2.05, 4.69) is 15.3 Å². The fraction of sp³-hybridized carbons (Fsp3) is 0.615. The van der Waals surface area contributed by atoms with Crippen molar-refractivity contribution in [2.24, 2.45) is 0 Å². The largest absolute Gasteiger partial charge is 0.347 e. The van der Waals surface area contributed by atoms with E-state index in [0.29, 0.717) is 0 Å². The van der Waals surface area contributed by atoms with Crippen molar-refractivity contribution in [3.05, 3.63) is 24.3 Å². The van der Waals surface area contributed by atoms with E-state index in [1.807, 2.05) is 14.1 Å². The summed E-state index contributed by atoms with van der Waals surface area (Å²) in [6, 6.07) is 0. The van der Waals surface area contributed by atoms with E-state index in [4.69, 9.17) is 0 Å². The summed E-state index contributed by atoms with van der Waals surface area (Å²) in [5.74, 6) is 0.188. The number of carbonyl (C=O) groups is 1. The Labute approximate surface area is 108 Å². The third kappa shape index (κ3) is 2.67. The molecule has 1 fully saturated rings. The smallest absolute Gasteiger partial charge is 0.242 e. The van der Waals surface area contributed by atoms with Crippen LogP contribution in [0.15, 0.2) is 18.6 Å². The predicted octanol–water partition coefficient (Wildman–Crippen LogP) is 0.620. The van der Waals surface area contributed by atoms with E-state index >= 15 is 0 Å². The molecule has 1 aromatic heterocycles. The fourth-order valence-electron chi connectivity index (χ4n) is 2.39. The van der Waals surface area contributed by atoms with Gasteiger partial charge in [0.25, 0.3) is 0 Å². The topological polar surface area (TPSA) is 58.1 Å². The van der Waals surface area contributed by atoms with Gasteiger partial charge in [-0.05, 0) is 32.2 Å². The molecule has 1 aliphatic heterocycles. The first kappa shape index (κ1) is 13.0. The molecule has 1 N–H and O–H groups in total. The Bertz CT molecular complexity index is 401. The van der Waals surface area contributed by atoms with Gasteiger partial charge in [-0.3, -0.25) is 14.8 Å². The van der Waals surface area contributed by atoms with Crippen molar-refractivity contribution < 1.29 is 4.79 Å². The number of aromatic nitrogens is 2. The highest BCUT2D eigenvalue weighted by Gasteiger charge is 2.43. The summed E-state index contributed by atoms with van der Waals surface area (Å²) < 4.78 is 0. The average Bonchev–Trinajstić information content (AvgIpc) is 2.33. The molecule has 0 aliphatic carbocycles. The lowest BCUT2D eigenvalue weighted by atomic mass is 9.81. The van der Waals surface area contributed by atoms with Crippen molar-refractivity contribution in [1.29, 1.82) is 0 Å². The minimum absolute atomic E-state index is 0.188. The summed E-state index contributed by atoms with van der Waals surface area (Å²) in [5, 5.41) is 3.30. The molecule has 0 aromatic carbocycles. The number of carbonyl (C=O) groups excluding carboxylic acids is 1. The lowest BCUT2D eigenvalue weighted by Gasteiger charge is -2.43. The third-order valence-electron chi connectivity index (χ3n) is 3.48. The number of rotatable bonds is 5. The van der Waals surface area contributed by atoms with Crippen molar-refractivity contribution in [3.8, 4) is 0 Å². The fourth-order valence-corrected chi connectivity index (χ4v) is 2.39. The third-order valence-corrected chi connectivity index (χ3v) is 3.48. The first-order valence-corrected chi connectivity index (χ1v) is 6.36. The van der Waals surface area contributed by atoms with Gasteiger partial charge >= 0.3 is 0 Å². The van der Waals surface area contributed by atoms with Gasteiger partial charge in [0.15, 0.2) is 0 Å². The summed E-state index contributed by atoms with van der Waals surface area (Å²) in [4.78, 5) is 22.1. The molecule has 1 aromatic rings. The molecule has 98 valence electrons. The summed E-state index contributed by atoms with van der Waals surface area (Å²) in [5.41, 5.74) is 0.662. The first-order valence-electron chi connectivity index (χ1n) is 6.36. The minimum atomic E-state index is -0.328. The Morgan fingerprint density at radius 1 is 1.50 bits per heavy atom. The summed E-state index contributed by atoms with van der Waals surface area (Å²) >= 11 is 0. The Hall–Kier alpha value is -1.49. The Balaban J connectivity index is 1.86. The van der Waals surface area contributed by atoms with Gasteiger partial charge in [-0.1, -0.05) is 0 Å². The number of likely N-dealkylation sites (N-methyl/N-ethyl adjacent to an activating group) is 1. The van der Waals surface area contributed by atoms with Gasteiger partial charge < -0.3 is 10.2 Å². The molecule has 18 heavy (non-hydrogen) atoms. The van der Waals surface area contributed by atoms with Crippen molar-refractivity contribution in [2.45, 2.75) is 31.2 Å². The lowest BCUT2D eigenvalue weighted by Crippen LogP contribution is -2.65. The summed E-state index contributed by atoms with van der Waals surface area (Å²) in [7, 11) is 3.62. The van der Waals surface area contributed by atoms with Gasteiger partial charge in [-0.2, -0.15) is 0 Å². The zero-order valence-electron chi connectivity index (χ0n) is 11.0. The highest BCUT2D eigenvalue weighted by molar-refractivity contribution is 5.87. The zero-order chi connectivity index (χ0) is 13.0. The van der Waals surface area contributed by atoms with Crippen LogP contribution in [-0.2, 0) is 11.2 Å². The molecule has 2 rings (SSSR count). The van der Waals surface area contributed by atoms with Gasteiger partial charge in [-0.25, -0.2) is 0 Å².